The van der Waals surface area contributed by atoms with Crippen molar-refractivity contribution in [2.24, 2.45) is 5.10 Å². The molecule has 0 N–H and O–H groups in total. The number of halogens is 1. The summed E-state index contributed by atoms with van der Waals surface area (Å²) in [6, 6.07) is 15.2. The summed E-state index contributed by atoms with van der Waals surface area (Å²) in [5.41, 5.74) is 3.20. The molecule has 0 aliphatic carbocycles. The topological polar surface area (TPSA) is 32.7 Å². The molecule has 0 radical (unpaired) electrons. The second-order valence-corrected chi connectivity index (χ2v) is 7.54. The molecule has 1 aliphatic rings. The molecule has 0 fully saturated rings. The predicted octanol–water partition coefficient (Wildman–Crippen LogP) is 4.87. The normalized spacial score (nSPS) is 15.8. The van der Waals surface area contributed by atoms with E-state index in [9.17, 15) is 9.18 Å². The van der Waals surface area contributed by atoms with Crippen molar-refractivity contribution in [2.45, 2.75) is 52.0 Å². The molecule has 2 aromatic carbocycles. The molecular weight excluding hydrogens is 327 g/mol. The van der Waals surface area contributed by atoms with Gasteiger partial charge in [0.25, 0.3) is 0 Å². The van der Waals surface area contributed by atoms with Crippen LogP contribution in [0.15, 0.2) is 53.6 Å². The number of amides is 1. The van der Waals surface area contributed by atoms with E-state index in [4.69, 9.17) is 0 Å². The van der Waals surface area contributed by atoms with Gasteiger partial charge in [-0.2, -0.15) is 5.10 Å². The van der Waals surface area contributed by atoms with Gasteiger partial charge in [-0.15, -0.1) is 0 Å². The van der Waals surface area contributed by atoms with Crippen LogP contribution in [0.25, 0.3) is 0 Å². The lowest BCUT2D eigenvalue weighted by molar-refractivity contribution is -0.135. The lowest BCUT2D eigenvalue weighted by atomic mass is 9.94. The van der Waals surface area contributed by atoms with Crippen molar-refractivity contribution >= 4 is 11.6 Å². The van der Waals surface area contributed by atoms with Gasteiger partial charge in [0.15, 0.2) is 0 Å². The van der Waals surface area contributed by atoms with Crippen molar-refractivity contribution in [1.82, 2.24) is 5.01 Å². The molecule has 0 atom stereocenters. The van der Waals surface area contributed by atoms with E-state index < -0.39 is 0 Å². The van der Waals surface area contributed by atoms with Crippen LogP contribution in [-0.2, 0) is 11.2 Å². The van der Waals surface area contributed by atoms with Crippen LogP contribution in [0.1, 0.15) is 49.8 Å². The molecule has 0 saturated heterocycles. The van der Waals surface area contributed by atoms with E-state index in [1.54, 1.807) is 24.1 Å². The van der Waals surface area contributed by atoms with Gasteiger partial charge < -0.3 is 0 Å². The molecule has 1 heterocycles. The molecule has 0 bridgehead atoms. The zero-order valence-electron chi connectivity index (χ0n) is 15.6. The van der Waals surface area contributed by atoms with Gasteiger partial charge in [-0.1, -0.05) is 36.4 Å². The first kappa shape index (κ1) is 18.3. The van der Waals surface area contributed by atoms with Crippen LogP contribution < -0.4 is 0 Å². The fourth-order valence-corrected chi connectivity index (χ4v) is 3.35. The molecule has 0 unspecified atom stereocenters. The summed E-state index contributed by atoms with van der Waals surface area (Å²) in [5.74, 6) is -0.180. The first-order valence-electron chi connectivity index (χ1n) is 9.08. The molecule has 0 aromatic heterocycles. The summed E-state index contributed by atoms with van der Waals surface area (Å²) >= 11 is 0. The maximum Gasteiger partial charge on any atom is 0.243 e. The largest absolute Gasteiger partial charge is 0.273 e. The van der Waals surface area contributed by atoms with Gasteiger partial charge in [-0.25, -0.2) is 9.40 Å². The Balaban J connectivity index is 1.68. The number of hydrazone groups is 1. The Bertz CT molecular complexity index is 827. The van der Waals surface area contributed by atoms with Crippen molar-refractivity contribution in [2.75, 3.05) is 0 Å². The first-order valence-corrected chi connectivity index (χ1v) is 9.08. The van der Waals surface area contributed by atoms with Crippen LogP contribution in [0.5, 0.6) is 0 Å². The van der Waals surface area contributed by atoms with E-state index in [0.29, 0.717) is 18.4 Å². The highest BCUT2D eigenvalue weighted by atomic mass is 19.1. The number of benzene rings is 2. The second kappa shape index (κ2) is 7.40. The Labute approximate surface area is 154 Å². The maximum atomic E-state index is 13.5. The third-order valence-corrected chi connectivity index (χ3v) is 4.82. The Morgan fingerprint density at radius 2 is 1.92 bits per heavy atom. The van der Waals surface area contributed by atoms with Gasteiger partial charge in [0, 0.05) is 12.8 Å². The van der Waals surface area contributed by atoms with Crippen LogP contribution in [0.4, 0.5) is 4.39 Å². The fourth-order valence-electron chi connectivity index (χ4n) is 3.35. The molecule has 0 saturated carbocycles. The zero-order chi connectivity index (χ0) is 18.7. The minimum absolute atomic E-state index is 0.0414. The SMILES string of the molecule is Cc1cc(C2=NN(C(=O)CCCc3ccccc3)C(C)(C)C2)ccc1F. The third kappa shape index (κ3) is 4.01. The average Bonchev–Trinajstić information content (AvgIpc) is 2.93. The number of carbonyl (C=O) groups is 1. The van der Waals surface area contributed by atoms with Crippen LogP contribution in [0.3, 0.4) is 0 Å². The Hall–Kier alpha value is -2.49. The van der Waals surface area contributed by atoms with Gasteiger partial charge >= 0.3 is 0 Å². The monoisotopic (exact) mass is 352 g/mol. The molecule has 1 amide bonds. The number of hydrogen-bond acceptors (Lipinski definition) is 2. The van der Waals surface area contributed by atoms with E-state index in [0.717, 1.165) is 24.1 Å². The van der Waals surface area contributed by atoms with Crippen molar-refractivity contribution in [3.8, 4) is 0 Å². The standard InChI is InChI=1S/C22H25FN2O/c1-16-14-18(12-13-19(16)23)20-15-22(2,3)25(24-20)21(26)11-7-10-17-8-5-4-6-9-17/h4-6,8-9,12-14H,7,10-11,15H2,1-3H3. The molecule has 4 heteroatoms. The van der Waals surface area contributed by atoms with Gasteiger partial charge in [-0.3, -0.25) is 4.79 Å². The van der Waals surface area contributed by atoms with Crippen LogP contribution in [0, 0.1) is 12.7 Å². The highest BCUT2D eigenvalue weighted by Gasteiger charge is 2.38. The lowest BCUT2D eigenvalue weighted by Gasteiger charge is -2.28. The summed E-state index contributed by atoms with van der Waals surface area (Å²) < 4.78 is 13.5. The third-order valence-electron chi connectivity index (χ3n) is 4.82. The second-order valence-electron chi connectivity index (χ2n) is 7.54. The van der Waals surface area contributed by atoms with Gasteiger partial charge in [-0.05, 0) is 62.4 Å². The van der Waals surface area contributed by atoms with Crippen molar-refractivity contribution in [3.63, 3.8) is 0 Å². The van der Waals surface area contributed by atoms with Gasteiger partial charge in [0.05, 0.1) is 11.3 Å². The minimum atomic E-state index is -0.360. The zero-order valence-corrected chi connectivity index (χ0v) is 15.6. The number of carbonyl (C=O) groups excluding carboxylic acids is 1. The molecule has 0 spiro atoms. The van der Waals surface area contributed by atoms with Crippen LogP contribution in [0.2, 0.25) is 0 Å². The number of nitrogens with zero attached hydrogens (tertiary/aromatic N) is 2. The predicted molar refractivity (Wildman–Crippen MR) is 103 cm³/mol. The van der Waals surface area contributed by atoms with Crippen LogP contribution >= 0.6 is 0 Å². The van der Waals surface area contributed by atoms with Crippen molar-refractivity contribution < 1.29 is 9.18 Å². The van der Waals surface area contributed by atoms with Gasteiger partial charge in [0.1, 0.15) is 5.82 Å². The number of aryl methyl sites for hydroxylation is 2. The molecule has 2 aromatic rings. The Morgan fingerprint density at radius 1 is 1.19 bits per heavy atom. The molecule has 3 rings (SSSR count). The maximum absolute atomic E-state index is 13.5. The summed E-state index contributed by atoms with van der Waals surface area (Å²) in [6.07, 6.45) is 2.82. The fraction of sp³-hybridized carbons (Fsp3) is 0.364. The molecule has 3 nitrogen and oxygen atoms in total. The quantitative estimate of drug-likeness (QED) is 0.755. The van der Waals surface area contributed by atoms with Crippen LogP contribution in [-0.4, -0.2) is 22.2 Å². The Morgan fingerprint density at radius 3 is 2.62 bits per heavy atom. The number of hydrogen-bond donors (Lipinski definition) is 0. The first-order chi connectivity index (χ1) is 12.4. The molecule has 26 heavy (non-hydrogen) atoms. The molecular formula is C22H25FN2O. The Kier molecular flexibility index (Phi) is 5.21. The average molecular weight is 352 g/mol. The molecule has 1 aliphatic heterocycles. The molecule has 136 valence electrons. The van der Waals surface area contributed by atoms with Crippen molar-refractivity contribution in [3.05, 3.63) is 71.0 Å². The van der Waals surface area contributed by atoms with Crippen molar-refractivity contribution in [1.29, 1.82) is 0 Å². The highest BCUT2D eigenvalue weighted by molar-refractivity contribution is 6.03. The number of rotatable bonds is 5. The summed E-state index contributed by atoms with van der Waals surface area (Å²) in [6.45, 7) is 5.79. The summed E-state index contributed by atoms with van der Waals surface area (Å²) in [4.78, 5) is 12.7. The lowest BCUT2D eigenvalue weighted by Crippen LogP contribution is -2.40. The van der Waals surface area contributed by atoms with E-state index in [1.165, 1.54) is 11.6 Å². The van der Waals surface area contributed by atoms with E-state index >= 15 is 0 Å². The summed E-state index contributed by atoms with van der Waals surface area (Å²) in [5, 5.41) is 6.20. The van der Waals surface area contributed by atoms with E-state index in [-0.39, 0.29) is 17.3 Å². The van der Waals surface area contributed by atoms with Gasteiger partial charge in [0.2, 0.25) is 5.91 Å². The smallest absolute Gasteiger partial charge is 0.243 e. The minimum Gasteiger partial charge on any atom is -0.273 e. The van der Waals surface area contributed by atoms with E-state index in [2.05, 4.69) is 17.2 Å². The highest BCUT2D eigenvalue weighted by Crippen LogP contribution is 2.30. The van der Waals surface area contributed by atoms with E-state index in [1.807, 2.05) is 32.0 Å². The summed E-state index contributed by atoms with van der Waals surface area (Å²) in [7, 11) is 0.